The molecule has 1 fully saturated rings. The van der Waals surface area contributed by atoms with Gasteiger partial charge < -0.3 is 15.6 Å². The van der Waals surface area contributed by atoms with Gasteiger partial charge in [-0.25, -0.2) is 4.79 Å². The average molecular weight is 249 g/mol. The van der Waals surface area contributed by atoms with Crippen molar-refractivity contribution in [1.82, 2.24) is 0 Å². The summed E-state index contributed by atoms with van der Waals surface area (Å²) in [6, 6.07) is 4.66. The molecule has 0 spiro atoms. The molecule has 1 aromatic rings. The van der Waals surface area contributed by atoms with Gasteiger partial charge in [0.15, 0.2) is 0 Å². The lowest BCUT2D eigenvalue weighted by Gasteiger charge is -2.22. The van der Waals surface area contributed by atoms with Crippen LogP contribution in [0.2, 0.25) is 0 Å². The van der Waals surface area contributed by atoms with Crippen LogP contribution in [0.3, 0.4) is 0 Å². The highest BCUT2D eigenvalue weighted by Gasteiger charge is 2.16. The smallest absolute Gasteiger partial charge is 0.339 e. The molecule has 0 aromatic heterocycles. The van der Waals surface area contributed by atoms with Crippen molar-refractivity contribution < 1.29 is 14.6 Å². The molecule has 0 saturated heterocycles. The number of carboxylic acids is 1. The molecule has 1 aliphatic carbocycles. The third kappa shape index (κ3) is 3.15. The summed E-state index contributed by atoms with van der Waals surface area (Å²) in [4.78, 5) is 11.1. The zero-order chi connectivity index (χ0) is 13.0. The minimum absolute atomic E-state index is 0.181. The predicted molar refractivity (Wildman–Crippen MR) is 69.9 cm³/mol. The Hall–Kier alpha value is -1.71. The molecule has 4 nitrogen and oxygen atoms in total. The Balaban J connectivity index is 2.03. The number of carboxylic acid groups (broad SMARTS) is 1. The Bertz CT molecular complexity index is 425. The molecule has 1 saturated carbocycles. The normalized spacial score (nSPS) is 16.4. The average Bonchev–Trinajstić information content (AvgIpc) is 2.37. The second kappa shape index (κ2) is 5.76. The van der Waals surface area contributed by atoms with E-state index in [0.29, 0.717) is 24.0 Å². The summed E-state index contributed by atoms with van der Waals surface area (Å²) < 4.78 is 5.66. The van der Waals surface area contributed by atoms with E-state index in [1.54, 1.807) is 12.1 Å². The summed E-state index contributed by atoms with van der Waals surface area (Å²) in [5.41, 5.74) is 6.37. The van der Waals surface area contributed by atoms with Gasteiger partial charge in [-0.05, 0) is 30.9 Å². The summed E-state index contributed by atoms with van der Waals surface area (Å²) >= 11 is 0. The van der Waals surface area contributed by atoms with Crippen LogP contribution in [0, 0.1) is 5.92 Å². The van der Waals surface area contributed by atoms with Crippen LogP contribution >= 0.6 is 0 Å². The predicted octanol–water partition coefficient (Wildman–Crippen LogP) is 2.93. The standard InChI is InChI=1S/C14H19NO3/c15-11-6-7-12(14(16)17)13(8-11)18-9-10-4-2-1-3-5-10/h6-8,10H,1-5,9,15H2,(H,16,17). The van der Waals surface area contributed by atoms with Crippen LogP contribution in [-0.4, -0.2) is 17.7 Å². The SMILES string of the molecule is Nc1ccc(C(=O)O)c(OCC2CCCCC2)c1. The Morgan fingerprint density at radius 2 is 2.06 bits per heavy atom. The maximum absolute atomic E-state index is 11.1. The minimum atomic E-state index is -0.978. The van der Waals surface area contributed by atoms with Crippen LogP contribution in [-0.2, 0) is 0 Å². The van der Waals surface area contributed by atoms with Crippen molar-refractivity contribution in [3.63, 3.8) is 0 Å². The number of anilines is 1. The third-order valence-corrected chi connectivity index (χ3v) is 3.44. The molecule has 4 heteroatoms. The van der Waals surface area contributed by atoms with Crippen molar-refractivity contribution in [2.45, 2.75) is 32.1 Å². The van der Waals surface area contributed by atoms with Gasteiger partial charge >= 0.3 is 5.97 Å². The van der Waals surface area contributed by atoms with E-state index in [0.717, 1.165) is 0 Å². The quantitative estimate of drug-likeness (QED) is 0.805. The molecule has 0 radical (unpaired) electrons. The highest BCUT2D eigenvalue weighted by atomic mass is 16.5. The van der Waals surface area contributed by atoms with Crippen molar-refractivity contribution in [1.29, 1.82) is 0 Å². The fourth-order valence-corrected chi connectivity index (χ4v) is 2.40. The second-order valence-electron chi connectivity index (χ2n) is 4.88. The zero-order valence-electron chi connectivity index (χ0n) is 10.4. The first-order valence-electron chi connectivity index (χ1n) is 6.42. The molecule has 0 heterocycles. The number of benzene rings is 1. The van der Waals surface area contributed by atoms with E-state index in [2.05, 4.69) is 0 Å². The summed E-state index contributed by atoms with van der Waals surface area (Å²) in [5.74, 6) is -0.0523. The van der Waals surface area contributed by atoms with Crippen molar-refractivity contribution >= 4 is 11.7 Å². The molecule has 2 rings (SSSR count). The van der Waals surface area contributed by atoms with Gasteiger partial charge in [-0.2, -0.15) is 0 Å². The maximum atomic E-state index is 11.1. The first-order chi connectivity index (χ1) is 8.66. The van der Waals surface area contributed by atoms with Crippen molar-refractivity contribution in [3.05, 3.63) is 23.8 Å². The van der Waals surface area contributed by atoms with E-state index in [1.165, 1.54) is 38.2 Å². The summed E-state index contributed by atoms with van der Waals surface area (Å²) in [6.07, 6.45) is 6.14. The van der Waals surface area contributed by atoms with Crippen molar-refractivity contribution in [2.24, 2.45) is 5.92 Å². The molecule has 3 N–H and O–H groups in total. The molecular weight excluding hydrogens is 230 g/mol. The van der Waals surface area contributed by atoms with Crippen molar-refractivity contribution in [2.75, 3.05) is 12.3 Å². The van der Waals surface area contributed by atoms with Crippen LogP contribution in [0.15, 0.2) is 18.2 Å². The van der Waals surface area contributed by atoms with E-state index in [1.807, 2.05) is 0 Å². The van der Waals surface area contributed by atoms with Crippen molar-refractivity contribution in [3.8, 4) is 5.75 Å². The third-order valence-electron chi connectivity index (χ3n) is 3.44. The Labute approximate surface area is 107 Å². The van der Waals surface area contributed by atoms with E-state index < -0.39 is 5.97 Å². The van der Waals surface area contributed by atoms with Gasteiger partial charge in [0.2, 0.25) is 0 Å². The molecule has 18 heavy (non-hydrogen) atoms. The highest BCUT2D eigenvalue weighted by molar-refractivity contribution is 5.91. The Kier molecular flexibility index (Phi) is 4.07. The Morgan fingerprint density at radius 1 is 1.33 bits per heavy atom. The molecule has 98 valence electrons. The Morgan fingerprint density at radius 3 is 2.72 bits per heavy atom. The first-order valence-corrected chi connectivity index (χ1v) is 6.42. The summed E-state index contributed by atoms with van der Waals surface area (Å²) in [5, 5.41) is 9.07. The lowest BCUT2D eigenvalue weighted by atomic mass is 9.90. The number of rotatable bonds is 4. The van der Waals surface area contributed by atoms with Crippen LogP contribution in [0.25, 0.3) is 0 Å². The molecule has 0 unspecified atom stereocenters. The number of nitrogens with two attached hydrogens (primary N) is 1. The zero-order valence-corrected chi connectivity index (χ0v) is 10.4. The van der Waals surface area contributed by atoms with E-state index in [4.69, 9.17) is 15.6 Å². The summed E-state index contributed by atoms with van der Waals surface area (Å²) in [6.45, 7) is 0.587. The molecule has 1 aromatic carbocycles. The van der Waals surface area contributed by atoms with Gasteiger partial charge in [-0.1, -0.05) is 19.3 Å². The monoisotopic (exact) mass is 249 g/mol. The highest BCUT2D eigenvalue weighted by Crippen LogP contribution is 2.27. The number of hydrogen-bond acceptors (Lipinski definition) is 3. The van der Waals surface area contributed by atoms with Crippen LogP contribution in [0.5, 0.6) is 5.75 Å². The topological polar surface area (TPSA) is 72.6 Å². The number of hydrogen-bond donors (Lipinski definition) is 2. The van der Waals surface area contributed by atoms with E-state index in [-0.39, 0.29) is 5.56 Å². The lowest BCUT2D eigenvalue weighted by molar-refractivity contribution is 0.0690. The molecule has 0 amide bonds. The van der Waals surface area contributed by atoms with Gasteiger partial charge in [0.05, 0.1) is 6.61 Å². The fraction of sp³-hybridized carbons (Fsp3) is 0.500. The van der Waals surface area contributed by atoms with Crippen LogP contribution in [0.4, 0.5) is 5.69 Å². The molecule has 0 bridgehead atoms. The molecule has 0 aliphatic heterocycles. The van der Waals surface area contributed by atoms with E-state index in [9.17, 15) is 4.79 Å². The van der Waals surface area contributed by atoms with Gasteiger partial charge in [0, 0.05) is 11.8 Å². The second-order valence-corrected chi connectivity index (χ2v) is 4.88. The molecular formula is C14H19NO3. The lowest BCUT2D eigenvalue weighted by Crippen LogP contribution is -2.16. The van der Waals surface area contributed by atoms with Crippen LogP contribution in [0.1, 0.15) is 42.5 Å². The fourth-order valence-electron chi connectivity index (χ4n) is 2.40. The van der Waals surface area contributed by atoms with Gasteiger partial charge in [0.25, 0.3) is 0 Å². The molecule has 0 atom stereocenters. The summed E-state index contributed by atoms with van der Waals surface area (Å²) in [7, 11) is 0. The number of nitrogen functional groups attached to an aromatic ring is 1. The minimum Gasteiger partial charge on any atom is -0.492 e. The van der Waals surface area contributed by atoms with Crippen LogP contribution < -0.4 is 10.5 Å². The maximum Gasteiger partial charge on any atom is 0.339 e. The number of carbonyl (C=O) groups is 1. The van der Waals surface area contributed by atoms with Gasteiger partial charge in [-0.15, -0.1) is 0 Å². The number of aromatic carboxylic acids is 1. The van der Waals surface area contributed by atoms with Gasteiger partial charge in [-0.3, -0.25) is 0 Å². The molecule has 1 aliphatic rings. The van der Waals surface area contributed by atoms with Gasteiger partial charge in [0.1, 0.15) is 11.3 Å². The largest absolute Gasteiger partial charge is 0.492 e. The number of ether oxygens (including phenoxy) is 1. The first kappa shape index (κ1) is 12.7. The van der Waals surface area contributed by atoms with E-state index >= 15 is 0 Å².